The lowest BCUT2D eigenvalue weighted by molar-refractivity contribution is 0.0674. The molecular formula is C23H23NO5. The molecule has 1 amide bonds. The van der Waals surface area contributed by atoms with Crippen LogP contribution in [0.25, 0.3) is 11.0 Å². The number of fused-ring (bicyclic) bond motifs is 1. The number of carbonyl (C=O) groups excluding carboxylic acids is 1. The highest BCUT2D eigenvalue weighted by molar-refractivity contribution is 5.99. The predicted octanol–water partition coefficient (Wildman–Crippen LogP) is 4.47. The minimum Gasteiger partial charge on any atom is -0.497 e. The van der Waals surface area contributed by atoms with Crippen LogP contribution in [0.1, 0.15) is 50.8 Å². The first-order valence-corrected chi connectivity index (χ1v) is 9.67. The zero-order chi connectivity index (χ0) is 20.5. The molecule has 0 bridgehead atoms. The largest absolute Gasteiger partial charge is 0.497 e. The van der Waals surface area contributed by atoms with Gasteiger partial charge in [0.1, 0.15) is 11.3 Å². The van der Waals surface area contributed by atoms with Gasteiger partial charge in [0.25, 0.3) is 5.91 Å². The molecule has 1 aliphatic rings. The lowest BCUT2D eigenvalue weighted by Crippen LogP contribution is -2.39. The number of ether oxygens (including phenoxy) is 1. The summed E-state index contributed by atoms with van der Waals surface area (Å²) in [5.41, 5.74) is 2.80. The summed E-state index contributed by atoms with van der Waals surface area (Å²) in [5, 5.41) is 9.98. The minimum atomic E-state index is -0.936. The smallest absolute Gasteiger partial charge is 0.335 e. The number of carbonyl (C=O) groups is 2. The molecule has 6 nitrogen and oxygen atoms in total. The third kappa shape index (κ3) is 3.58. The molecule has 0 radical (unpaired) electrons. The van der Waals surface area contributed by atoms with Crippen molar-refractivity contribution >= 4 is 22.8 Å². The van der Waals surface area contributed by atoms with Gasteiger partial charge in [-0.3, -0.25) is 4.79 Å². The number of furan rings is 1. The monoisotopic (exact) mass is 393 g/mol. The van der Waals surface area contributed by atoms with Gasteiger partial charge in [0.2, 0.25) is 0 Å². The average Bonchev–Trinajstić information content (AvgIpc) is 3.09. The van der Waals surface area contributed by atoms with Gasteiger partial charge in [-0.05, 0) is 49.6 Å². The number of amides is 1. The molecular weight excluding hydrogens is 370 g/mol. The van der Waals surface area contributed by atoms with E-state index >= 15 is 0 Å². The Hall–Kier alpha value is -3.28. The van der Waals surface area contributed by atoms with Gasteiger partial charge in [0, 0.05) is 36.0 Å². The van der Waals surface area contributed by atoms with Gasteiger partial charge in [-0.1, -0.05) is 12.1 Å². The van der Waals surface area contributed by atoms with Crippen molar-refractivity contribution in [1.29, 1.82) is 0 Å². The number of benzene rings is 2. The number of hydrogen-bond donors (Lipinski definition) is 1. The first kappa shape index (κ1) is 19.1. The highest BCUT2D eigenvalue weighted by Crippen LogP contribution is 2.32. The third-order valence-electron chi connectivity index (χ3n) is 5.68. The van der Waals surface area contributed by atoms with Crippen molar-refractivity contribution in [3.8, 4) is 5.75 Å². The van der Waals surface area contributed by atoms with E-state index < -0.39 is 5.97 Å². The van der Waals surface area contributed by atoms with Gasteiger partial charge < -0.3 is 19.2 Å². The Morgan fingerprint density at radius 1 is 1.17 bits per heavy atom. The number of carboxylic acids is 1. The average molecular weight is 393 g/mol. The number of rotatable bonds is 4. The molecule has 4 rings (SSSR count). The maximum absolute atomic E-state index is 13.2. The zero-order valence-electron chi connectivity index (χ0n) is 16.5. The van der Waals surface area contributed by atoms with E-state index in [1.165, 1.54) is 0 Å². The molecule has 2 heterocycles. The molecule has 29 heavy (non-hydrogen) atoms. The lowest BCUT2D eigenvalue weighted by atomic mass is 9.90. The Balaban J connectivity index is 1.56. The van der Waals surface area contributed by atoms with E-state index in [0.29, 0.717) is 30.2 Å². The molecule has 1 saturated heterocycles. The number of aryl methyl sites for hydroxylation is 1. The summed E-state index contributed by atoms with van der Waals surface area (Å²) in [6.07, 6.45) is 1.86. The summed E-state index contributed by atoms with van der Waals surface area (Å²) in [5.74, 6) is 0.196. The third-order valence-corrected chi connectivity index (χ3v) is 5.68. The van der Waals surface area contributed by atoms with E-state index in [1.54, 1.807) is 25.3 Å². The van der Waals surface area contributed by atoms with Gasteiger partial charge in [-0.25, -0.2) is 4.79 Å². The summed E-state index contributed by atoms with van der Waals surface area (Å²) in [6.45, 7) is 3.17. The Bertz CT molecular complexity index is 1070. The molecule has 6 heteroatoms. The molecule has 150 valence electrons. The summed E-state index contributed by atoms with van der Waals surface area (Å²) in [4.78, 5) is 26.1. The first-order valence-electron chi connectivity index (χ1n) is 9.67. The molecule has 0 unspecified atom stereocenters. The molecule has 1 fully saturated rings. The van der Waals surface area contributed by atoms with Crippen molar-refractivity contribution in [2.45, 2.75) is 25.7 Å². The van der Waals surface area contributed by atoms with E-state index in [2.05, 4.69) is 0 Å². The Morgan fingerprint density at radius 2 is 1.93 bits per heavy atom. The van der Waals surface area contributed by atoms with Crippen LogP contribution in [-0.2, 0) is 0 Å². The summed E-state index contributed by atoms with van der Waals surface area (Å²) >= 11 is 0. The highest BCUT2D eigenvalue weighted by Gasteiger charge is 2.29. The van der Waals surface area contributed by atoms with Crippen LogP contribution in [0, 0.1) is 6.92 Å². The molecule has 1 aliphatic heterocycles. The van der Waals surface area contributed by atoms with Crippen LogP contribution in [0.5, 0.6) is 5.75 Å². The standard InChI is InChI=1S/C23H23NO5/c1-14-19-10-9-18(28-2)12-20(19)29-21(14)22(25)24-11-3-4-17(13-24)15-5-7-16(8-6-15)23(26)27/h5-10,12,17H,3-4,11,13H2,1-2H3,(H,26,27)/t17-/m1/s1. The van der Waals surface area contributed by atoms with Crippen molar-refractivity contribution in [2.24, 2.45) is 0 Å². The second kappa shape index (κ2) is 7.62. The van der Waals surface area contributed by atoms with Crippen LogP contribution in [0.15, 0.2) is 46.9 Å². The molecule has 1 atom stereocenters. The van der Waals surface area contributed by atoms with Crippen molar-refractivity contribution in [3.63, 3.8) is 0 Å². The van der Waals surface area contributed by atoms with Crippen molar-refractivity contribution < 1.29 is 23.8 Å². The number of likely N-dealkylation sites (tertiary alicyclic amines) is 1. The van der Waals surface area contributed by atoms with Gasteiger partial charge in [-0.15, -0.1) is 0 Å². The lowest BCUT2D eigenvalue weighted by Gasteiger charge is -2.32. The molecule has 1 aromatic heterocycles. The van der Waals surface area contributed by atoms with E-state index in [0.717, 1.165) is 29.4 Å². The second-order valence-corrected chi connectivity index (χ2v) is 7.44. The van der Waals surface area contributed by atoms with E-state index in [-0.39, 0.29) is 17.4 Å². The number of methoxy groups -OCH3 is 1. The molecule has 0 aliphatic carbocycles. The van der Waals surface area contributed by atoms with Crippen molar-refractivity contribution in [2.75, 3.05) is 20.2 Å². The number of carboxylic acid groups (broad SMARTS) is 1. The van der Waals surface area contributed by atoms with Gasteiger partial charge >= 0.3 is 5.97 Å². The van der Waals surface area contributed by atoms with Crippen molar-refractivity contribution in [3.05, 3.63) is 64.9 Å². The molecule has 3 aromatic rings. The predicted molar refractivity (Wildman–Crippen MR) is 109 cm³/mol. The molecule has 2 aromatic carbocycles. The van der Waals surface area contributed by atoms with Gasteiger partial charge in [-0.2, -0.15) is 0 Å². The van der Waals surface area contributed by atoms with Crippen LogP contribution in [0.4, 0.5) is 0 Å². The van der Waals surface area contributed by atoms with E-state index in [9.17, 15) is 9.59 Å². The number of piperidine rings is 1. The second-order valence-electron chi connectivity index (χ2n) is 7.44. The van der Waals surface area contributed by atoms with Crippen LogP contribution in [-0.4, -0.2) is 42.1 Å². The summed E-state index contributed by atoms with van der Waals surface area (Å²) in [6, 6.07) is 12.5. The fraction of sp³-hybridized carbons (Fsp3) is 0.304. The highest BCUT2D eigenvalue weighted by atomic mass is 16.5. The molecule has 1 N–H and O–H groups in total. The first-order chi connectivity index (χ1) is 14.0. The molecule has 0 spiro atoms. The maximum atomic E-state index is 13.2. The zero-order valence-corrected chi connectivity index (χ0v) is 16.5. The normalized spacial score (nSPS) is 16.8. The Kier molecular flexibility index (Phi) is 5.01. The van der Waals surface area contributed by atoms with E-state index in [1.807, 2.05) is 36.1 Å². The van der Waals surface area contributed by atoms with Gasteiger partial charge in [0.05, 0.1) is 12.7 Å². The minimum absolute atomic E-state index is 0.107. The number of hydrogen-bond acceptors (Lipinski definition) is 4. The topological polar surface area (TPSA) is 80.0 Å². The van der Waals surface area contributed by atoms with Crippen molar-refractivity contribution in [1.82, 2.24) is 4.90 Å². The molecule has 0 saturated carbocycles. The quantitative estimate of drug-likeness (QED) is 0.707. The van der Waals surface area contributed by atoms with Gasteiger partial charge in [0.15, 0.2) is 5.76 Å². The van der Waals surface area contributed by atoms with Crippen LogP contribution in [0.2, 0.25) is 0 Å². The number of aromatic carboxylic acids is 1. The summed E-state index contributed by atoms with van der Waals surface area (Å²) in [7, 11) is 1.60. The summed E-state index contributed by atoms with van der Waals surface area (Å²) < 4.78 is 11.1. The van der Waals surface area contributed by atoms with Crippen LogP contribution < -0.4 is 4.74 Å². The Morgan fingerprint density at radius 3 is 2.62 bits per heavy atom. The SMILES string of the molecule is COc1ccc2c(C)c(C(=O)N3CCC[C@@H](c4ccc(C(=O)O)cc4)C3)oc2c1. The maximum Gasteiger partial charge on any atom is 0.335 e. The van der Waals surface area contributed by atoms with Crippen LogP contribution >= 0.6 is 0 Å². The van der Waals surface area contributed by atoms with Crippen LogP contribution in [0.3, 0.4) is 0 Å². The Labute approximate surface area is 168 Å². The number of nitrogens with zero attached hydrogens (tertiary/aromatic N) is 1. The fourth-order valence-corrected chi connectivity index (χ4v) is 4.01. The van der Waals surface area contributed by atoms with E-state index in [4.69, 9.17) is 14.3 Å². The fourth-order valence-electron chi connectivity index (χ4n) is 4.01.